The zero-order chi connectivity index (χ0) is 28.9. The molecule has 0 aliphatic carbocycles. The summed E-state index contributed by atoms with van der Waals surface area (Å²) in [7, 11) is 2.02. The summed E-state index contributed by atoms with van der Waals surface area (Å²) < 4.78 is 38.6. The van der Waals surface area contributed by atoms with E-state index in [0.717, 1.165) is 13.1 Å². The van der Waals surface area contributed by atoms with E-state index in [1.165, 1.54) is 6.20 Å². The van der Waals surface area contributed by atoms with Gasteiger partial charge < -0.3 is 26.2 Å². The van der Waals surface area contributed by atoms with Crippen molar-refractivity contribution in [3.8, 4) is 11.3 Å². The van der Waals surface area contributed by atoms with Crippen LogP contribution < -0.4 is 16.4 Å². The zero-order valence-corrected chi connectivity index (χ0v) is 22.0. The fourth-order valence-corrected chi connectivity index (χ4v) is 4.10. The molecule has 1 unspecified atom stereocenters. The van der Waals surface area contributed by atoms with Crippen LogP contribution in [0.25, 0.3) is 22.5 Å². The van der Waals surface area contributed by atoms with Crippen LogP contribution in [-0.2, 0) is 4.79 Å². The molecule has 1 aromatic carbocycles. The van der Waals surface area contributed by atoms with E-state index < -0.39 is 24.8 Å². The second-order valence-corrected chi connectivity index (χ2v) is 9.37. The largest absolute Gasteiger partial charge is 0.405 e. The van der Waals surface area contributed by atoms with Crippen molar-refractivity contribution in [1.29, 1.82) is 0 Å². The molecule has 3 amide bonds. The molecule has 11 nitrogen and oxygen atoms in total. The molecule has 0 spiro atoms. The average molecular weight is 558 g/mol. The smallest absolute Gasteiger partial charge is 0.404 e. The van der Waals surface area contributed by atoms with Crippen molar-refractivity contribution in [2.24, 2.45) is 10.7 Å². The number of amides is 3. The third-order valence-corrected chi connectivity index (χ3v) is 6.35. The number of carbonyl (C=O) groups excluding carboxylic acids is 2. The number of allylic oxidation sites excluding steroid dienone is 1. The summed E-state index contributed by atoms with van der Waals surface area (Å²) in [6.07, 6.45) is 1.60. The maximum atomic E-state index is 12.8. The number of imidazole rings is 1. The van der Waals surface area contributed by atoms with Gasteiger partial charge in [0.15, 0.2) is 5.65 Å². The molecule has 0 radical (unpaired) electrons. The molecule has 1 saturated heterocycles. The fourth-order valence-electron chi connectivity index (χ4n) is 4.10. The summed E-state index contributed by atoms with van der Waals surface area (Å²) in [5.74, 6) is -0.0400. The number of alkyl halides is 3. The zero-order valence-electron chi connectivity index (χ0n) is 22.0. The molecular weight excluding hydrogens is 527 g/mol. The number of nitrogens with zero attached hydrogens (tertiary/aromatic N) is 6. The van der Waals surface area contributed by atoms with E-state index in [1.54, 1.807) is 65.7 Å². The lowest BCUT2D eigenvalue weighted by Crippen LogP contribution is -2.49. The van der Waals surface area contributed by atoms with Crippen LogP contribution in [0, 0.1) is 0 Å². The number of aromatic nitrogens is 3. The molecule has 0 bridgehead atoms. The Morgan fingerprint density at radius 2 is 1.93 bits per heavy atom. The summed E-state index contributed by atoms with van der Waals surface area (Å²) in [4.78, 5) is 37.4. The van der Waals surface area contributed by atoms with Gasteiger partial charge in [0.05, 0.1) is 18.1 Å². The second-order valence-electron chi connectivity index (χ2n) is 9.37. The number of rotatable bonds is 7. The lowest BCUT2D eigenvalue weighted by atomic mass is 10.1. The van der Waals surface area contributed by atoms with Gasteiger partial charge in [-0.15, -0.1) is 0 Å². The van der Waals surface area contributed by atoms with Crippen molar-refractivity contribution in [2.75, 3.05) is 45.1 Å². The number of piperazine rings is 1. The number of aliphatic imine (C=N–C) groups is 1. The van der Waals surface area contributed by atoms with Crippen molar-refractivity contribution in [2.45, 2.75) is 19.1 Å². The minimum absolute atomic E-state index is 0.0400. The third kappa shape index (κ3) is 7.14. The van der Waals surface area contributed by atoms with Gasteiger partial charge >= 0.3 is 12.2 Å². The molecular formula is C26H30F3N9O2. The normalized spacial score (nSPS) is 15.9. The molecule has 4 rings (SSSR count). The number of carbonyl (C=O) groups is 2. The maximum Gasteiger partial charge on any atom is 0.405 e. The van der Waals surface area contributed by atoms with Crippen LogP contribution >= 0.6 is 0 Å². The first-order valence-corrected chi connectivity index (χ1v) is 12.5. The van der Waals surface area contributed by atoms with Crippen LogP contribution in [0.1, 0.15) is 12.5 Å². The standard InChI is InChI=1S/C26H30F3N9O2/c1-17(24(39)37-8-6-36(2)7-9-37)31-13-20(12-30)19-11-23-32-15-22(38(23)34-14-19)18-4-3-5-21(10-18)35-25(40)33-16-26(27,28)29/h3-5,10-15,17H,6-9,16,30H2,1-2H3,(H2,33,35,40)/b20-12+,31-13?. The Kier molecular flexibility index (Phi) is 8.67. The Labute approximate surface area is 228 Å². The summed E-state index contributed by atoms with van der Waals surface area (Å²) >= 11 is 0. The van der Waals surface area contributed by atoms with Crippen molar-refractivity contribution in [3.63, 3.8) is 0 Å². The van der Waals surface area contributed by atoms with Gasteiger partial charge in [-0.2, -0.15) is 18.3 Å². The monoisotopic (exact) mass is 557 g/mol. The molecule has 1 aliphatic rings. The fraction of sp³-hybridized carbons (Fsp3) is 0.346. The molecule has 1 fully saturated rings. The predicted molar refractivity (Wildman–Crippen MR) is 146 cm³/mol. The predicted octanol–water partition coefficient (Wildman–Crippen LogP) is 2.61. The number of halogens is 3. The Hall–Kier alpha value is -4.46. The summed E-state index contributed by atoms with van der Waals surface area (Å²) in [6, 6.07) is 6.79. The van der Waals surface area contributed by atoms with Gasteiger partial charge in [-0.05, 0) is 32.2 Å². The lowest BCUT2D eigenvalue weighted by molar-refractivity contribution is -0.133. The molecule has 212 valence electrons. The Bertz CT molecular complexity index is 1430. The van der Waals surface area contributed by atoms with Gasteiger partial charge in [0.1, 0.15) is 12.6 Å². The molecule has 3 heterocycles. The molecule has 1 atom stereocenters. The molecule has 0 saturated carbocycles. The number of nitrogens with two attached hydrogens (primary N) is 1. The summed E-state index contributed by atoms with van der Waals surface area (Å²) in [5.41, 5.74) is 9.10. The Morgan fingerprint density at radius 3 is 2.62 bits per heavy atom. The van der Waals surface area contributed by atoms with Crippen LogP contribution in [0.3, 0.4) is 0 Å². The Balaban J connectivity index is 1.46. The van der Waals surface area contributed by atoms with Crippen molar-refractivity contribution in [3.05, 3.63) is 54.5 Å². The van der Waals surface area contributed by atoms with Gasteiger partial charge in [0, 0.05) is 61.0 Å². The van der Waals surface area contributed by atoms with Gasteiger partial charge in [0.25, 0.3) is 0 Å². The quantitative estimate of drug-likeness (QED) is 0.383. The van der Waals surface area contributed by atoms with Crippen LogP contribution in [0.5, 0.6) is 0 Å². The van der Waals surface area contributed by atoms with Crippen LogP contribution in [0.15, 0.2) is 53.9 Å². The number of hydrogen-bond acceptors (Lipinski definition) is 7. The van der Waals surface area contributed by atoms with Crippen LogP contribution in [0.2, 0.25) is 0 Å². The highest BCUT2D eigenvalue weighted by molar-refractivity contribution is 6.10. The highest BCUT2D eigenvalue weighted by atomic mass is 19.4. The molecule has 40 heavy (non-hydrogen) atoms. The second kappa shape index (κ2) is 12.2. The number of benzene rings is 1. The van der Waals surface area contributed by atoms with Crippen molar-refractivity contribution in [1.82, 2.24) is 29.7 Å². The first-order valence-electron chi connectivity index (χ1n) is 12.5. The number of anilines is 1. The maximum absolute atomic E-state index is 12.8. The molecule has 3 aromatic rings. The van der Waals surface area contributed by atoms with E-state index in [0.29, 0.717) is 46.8 Å². The number of likely N-dealkylation sites (N-methyl/N-ethyl adjacent to an activating group) is 1. The molecule has 4 N–H and O–H groups in total. The minimum atomic E-state index is -4.51. The van der Waals surface area contributed by atoms with Crippen molar-refractivity contribution >= 4 is 35.1 Å². The first-order chi connectivity index (χ1) is 19.0. The number of nitrogens with one attached hydrogen (secondary N) is 2. The molecule has 1 aliphatic heterocycles. The summed E-state index contributed by atoms with van der Waals surface area (Å²) in [5, 5.41) is 8.62. The van der Waals surface area contributed by atoms with E-state index >= 15 is 0 Å². The van der Waals surface area contributed by atoms with Gasteiger partial charge in [-0.1, -0.05) is 12.1 Å². The van der Waals surface area contributed by atoms with E-state index in [1.807, 2.05) is 11.9 Å². The van der Waals surface area contributed by atoms with Crippen LogP contribution in [-0.4, -0.2) is 94.5 Å². The Morgan fingerprint density at radius 1 is 1.18 bits per heavy atom. The van der Waals surface area contributed by atoms with E-state index in [4.69, 9.17) is 5.73 Å². The average Bonchev–Trinajstić information content (AvgIpc) is 3.35. The number of urea groups is 1. The van der Waals surface area contributed by atoms with Gasteiger partial charge in [0.2, 0.25) is 5.91 Å². The van der Waals surface area contributed by atoms with E-state index in [-0.39, 0.29) is 5.91 Å². The van der Waals surface area contributed by atoms with E-state index in [2.05, 4.69) is 25.3 Å². The topological polar surface area (TPSA) is 133 Å². The molecule has 2 aromatic heterocycles. The first kappa shape index (κ1) is 28.5. The van der Waals surface area contributed by atoms with E-state index in [9.17, 15) is 22.8 Å². The van der Waals surface area contributed by atoms with Gasteiger partial charge in [-0.3, -0.25) is 9.79 Å². The molecule has 14 heteroatoms. The number of hydrogen-bond donors (Lipinski definition) is 3. The minimum Gasteiger partial charge on any atom is -0.404 e. The third-order valence-electron chi connectivity index (χ3n) is 6.35. The number of fused-ring (bicyclic) bond motifs is 1. The van der Waals surface area contributed by atoms with Crippen LogP contribution in [0.4, 0.5) is 23.7 Å². The highest BCUT2D eigenvalue weighted by Crippen LogP contribution is 2.24. The highest BCUT2D eigenvalue weighted by Gasteiger charge is 2.27. The summed E-state index contributed by atoms with van der Waals surface area (Å²) in [6.45, 7) is 3.30. The van der Waals surface area contributed by atoms with Gasteiger partial charge in [-0.25, -0.2) is 14.3 Å². The van der Waals surface area contributed by atoms with Crippen molar-refractivity contribution < 1.29 is 22.8 Å². The SMILES string of the molecule is CC(N=C/C(=C\N)c1cnn2c(-c3cccc(NC(=O)NCC(F)(F)F)c3)cnc2c1)C(=O)N1CCN(C)CC1. The lowest BCUT2D eigenvalue weighted by Gasteiger charge is -2.33.